The van der Waals surface area contributed by atoms with Gasteiger partial charge in [0.1, 0.15) is 0 Å². The number of benzene rings is 1. The third kappa shape index (κ3) is 4.91. The number of hydrogen-bond acceptors (Lipinski definition) is 2. The van der Waals surface area contributed by atoms with Crippen LogP contribution in [0.2, 0.25) is 5.02 Å². The quantitative estimate of drug-likeness (QED) is 0.434. The highest BCUT2D eigenvalue weighted by Gasteiger charge is 2.26. The number of nitrogens with zero attached hydrogens (tertiary/aromatic N) is 2. The summed E-state index contributed by atoms with van der Waals surface area (Å²) in [5, 5.41) is 7.85. The van der Waals surface area contributed by atoms with E-state index in [0.717, 1.165) is 37.0 Å². The Morgan fingerprint density at radius 1 is 1.27 bits per heavy atom. The summed E-state index contributed by atoms with van der Waals surface area (Å²) in [6, 6.07) is 9.17. The maximum absolute atomic E-state index is 6.08. The predicted octanol–water partition coefficient (Wildman–Crippen LogP) is 3.25. The van der Waals surface area contributed by atoms with Crippen molar-refractivity contribution in [1.82, 2.24) is 10.6 Å². The Bertz CT molecular complexity index is 519. The van der Waals surface area contributed by atoms with Crippen LogP contribution in [-0.4, -0.2) is 37.7 Å². The molecule has 2 fully saturated rings. The Balaban J connectivity index is 0.00000176. The molecule has 2 aliphatic rings. The lowest BCUT2D eigenvalue weighted by Gasteiger charge is -2.20. The van der Waals surface area contributed by atoms with E-state index in [1.54, 1.807) is 0 Å². The second-order valence-electron chi connectivity index (χ2n) is 5.80. The zero-order valence-corrected chi connectivity index (χ0v) is 16.0. The van der Waals surface area contributed by atoms with Gasteiger partial charge in [0.15, 0.2) is 5.96 Å². The number of hydrogen-bond donors (Lipinski definition) is 2. The minimum absolute atomic E-state index is 0. The highest BCUT2D eigenvalue weighted by atomic mass is 127. The summed E-state index contributed by atoms with van der Waals surface area (Å²) in [6.45, 7) is 4.94. The van der Waals surface area contributed by atoms with E-state index in [2.05, 4.69) is 33.5 Å². The first-order chi connectivity index (χ1) is 10.2. The molecule has 1 atom stereocenters. The summed E-state index contributed by atoms with van der Waals surface area (Å²) >= 11 is 6.08. The maximum Gasteiger partial charge on any atom is 0.191 e. The van der Waals surface area contributed by atoms with Crippen LogP contribution >= 0.6 is 35.6 Å². The lowest BCUT2D eigenvalue weighted by molar-refractivity contribution is 0.646. The number of anilines is 1. The molecule has 0 aromatic heterocycles. The fourth-order valence-corrected chi connectivity index (χ4v) is 2.88. The summed E-state index contributed by atoms with van der Waals surface area (Å²) in [4.78, 5) is 6.91. The Morgan fingerprint density at radius 2 is 2.05 bits per heavy atom. The predicted molar refractivity (Wildman–Crippen MR) is 105 cm³/mol. The highest BCUT2D eigenvalue weighted by Crippen LogP contribution is 2.23. The molecule has 1 aromatic rings. The van der Waals surface area contributed by atoms with Gasteiger partial charge < -0.3 is 15.5 Å². The number of halogens is 2. The third-order valence-electron chi connectivity index (χ3n) is 3.94. The third-order valence-corrected chi connectivity index (χ3v) is 4.17. The van der Waals surface area contributed by atoms with E-state index in [0.29, 0.717) is 12.1 Å². The minimum Gasteiger partial charge on any atom is -0.369 e. The largest absolute Gasteiger partial charge is 0.369 e. The first-order valence-corrected chi connectivity index (χ1v) is 8.20. The molecule has 0 radical (unpaired) electrons. The molecule has 1 aromatic carbocycles. The zero-order valence-electron chi connectivity index (χ0n) is 12.9. The topological polar surface area (TPSA) is 39.7 Å². The van der Waals surface area contributed by atoms with Crippen LogP contribution in [0.1, 0.15) is 26.2 Å². The minimum atomic E-state index is 0. The van der Waals surface area contributed by atoms with Gasteiger partial charge in [-0.25, -0.2) is 0 Å². The van der Waals surface area contributed by atoms with Crippen LogP contribution < -0.4 is 15.5 Å². The van der Waals surface area contributed by atoms with Gasteiger partial charge in [-0.3, -0.25) is 4.99 Å². The molecule has 1 aliphatic carbocycles. The monoisotopic (exact) mass is 434 g/mol. The normalized spacial score (nSPS) is 21.5. The van der Waals surface area contributed by atoms with Gasteiger partial charge in [0.2, 0.25) is 0 Å². The SMILES string of the molecule is CCN=C(NC1CC1)NC1CCN(c2cccc(Cl)c2)C1.I. The lowest BCUT2D eigenvalue weighted by atomic mass is 10.2. The second-order valence-corrected chi connectivity index (χ2v) is 6.23. The van der Waals surface area contributed by atoms with Crippen molar-refractivity contribution < 1.29 is 0 Å². The molecule has 3 rings (SSSR count). The molecule has 1 aliphatic heterocycles. The van der Waals surface area contributed by atoms with Crippen molar-refractivity contribution in [1.29, 1.82) is 0 Å². The van der Waals surface area contributed by atoms with E-state index < -0.39 is 0 Å². The molecular weight excluding hydrogens is 411 g/mol. The molecule has 0 bridgehead atoms. The lowest BCUT2D eigenvalue weighted by Crippen LogP contribution is -2.45. The van der Waals surface area contributed by atoms with Crippen molar-refractivity contribution in [3.8, 4) is 0 Å². The molecular formula is C16H24ClIN4. The Morgan fingerprint density at radius 3 is 2.73 bits per heavy atom. The summed E-state index contributed by atoms with van der Waals surface area (Å²) in [6.07, 6.45) is 3.66. The van der Waals surface area contributed by atoms with Crippen molar-refractivity contribution >= 4 is 47.2 Å². The number of guanidine groups is 1. The molecule has 1 saturated heterocycles. The highest BCUT2D eigenvalue weighted by molar-refractivity contribution is 14.0. The number of aliphatic imine (C=N–C) groups is 1. The molecule has 0 amide bonds. The Kier molecular flexibility index (Phi) is 6.62. The van der Waals surface area contributed by atoms with Crippen LogP contribution in [-0.2, 0) is 0 Å². The van der Waals surface area contributed by atoms with Crippen LogP contribution in [0.4, 0.5) is 5.69 Å². The van der Waals surface area contributed by atoms with Crippen molar-refractivity contribution in [3.63, 3.8) is 0 Å². The van der Waals surface area contributed by atoms with Gasteiger partial charge in [-0.2, -0.15) is 0 Å². The summed E-state index contributed by atoms with van der Waals surface area (Å²) < 4.78 is 0. The summed E-state index contributed by atoms with van der Waals surface area (Å²) in [5.41, 5.74) is 1.20. The van der Waals surface area contributed by atoms with E-state index in [1.165, 1.54) is 18.5 Å². The average molecular weight is 435 g/mol. The Labute approximate surface area is 154 Å². The smallest absolute Gasteiger partial charge is 0.191 e. The van der Waals surface area contributed by atoms with Gasteiger partial charge in [0.05, 0.1) is 0 Å². The van der Waals surface area contributed by atoms with Gasteiger partial charge in [-0.15, -0.1) is 24.0 Å². The molecule has 2 N–H and O–H groups in total. The van der Waals surface area contributed by atoms with Crippen molar-refractivity contribution in [2.75, 3.05) is 24.5 Å². The second kappa shape index (κ2) is 8.24. The van der Waals surface area contributed by atoms with Gasteiger partial charge in [-0.05, 0) is 44.4 Å². The van der Waals surface area contributed by atoms with E-state index in [9.17, 15) is 0 Å². The fraction of sp³-hybridized carbons (Fsp3) is 0.562. The van der Waals surface area contributed by atoms with Crippen molar-refractivity contribution in [2.24, 2.45) is 4.99 Å². The first-order valence-electron chi connectivity index (χ1n) is 7.82. The molecule has 22 heavy (non-hydrogen) atoms. The average Bonchev–Trinajstić information content (AvgIpc) is 3.15. The van der Waals surface area contributed by atoms with Crippen molar-refractivity contribution in [2.45, 2.75) is 38.3 Å². The van der Waals surface area contributed by atoms with Gasteiger partial charge >= 0.3 is 0 Å². The first kappa shape index (κ1) is 17.7. The van der Waals surface area contributed by atoms with Crippen LogP contribution in [0.25, 0.3) is 0 Å². The van der Waals surface area contributed by atoms with E-state index in [4.69, 9.17) is 11.6 Å². The molecule has 6 heteroatoms. The van der Waals surface area contributed by atoms with Gasteiger partial charge in [-0.1, -0.05) is 17.7 Å². The molecule has 122 valence electrons. The van der Waals surface area contributed by atoms with Crippen LogP contribution in [0.3, 0.4) is 0 Å². The standard InChI is InChI=1S/C16H23ClN4.HI/c1-2-18-16(19-13-6-7-13)20-14-8-9-21(11-14)15-5-3-4-12(17)10-15;/h3-5,10,13-14H,2,6-9,11H2,1H3,(H2,18,19,20);1H. The van der Waals surface area contributed by atoms with Crippen LogP contribution in [0.5, 0.6) is 0 Å². The molecule has 1 saturated carbocycles. The van der Waals surface area contributed by atoms with E-state index >= 15 is 0 Å². The van der Waals surface area contributed by atoms with Gasteiger partial charge in [0, 0.05) is 42.4 Å². The van der Waals surface area contributed by atoms with Crippen LogP contribution in [0, 0.1) is 0 Å². The number of nitrogens with one attached hydrogen (secondary N) is 2. The zero-order chi connectivity index (χ0) is 14.7. The summed E-state index contributed by atoms with van der Waals surface area (Å²) in [5.74, 6) is 0.970. The maximum atomic E-state index is 6.08. The molecule has 0 spiro atoms. The number of rotatable bonds is 4. The molecule has 1 unspecified atom stereocenters. The van der Waals surface area contributed by atoms with E-state index in [-0.39, 0.29) is 24.0 Å². The summed E-state index contributed by atoms with van der Waals surface area (Å²) in [7, 11) is 0. The van der Waals surface area contributed by atoms with Crippen LogP contribution in [0.15, 0.2) is 29.3 Å². The van der Waals surface area contributed by atoms with Gasteiger partial charge in [0.25, 0.3) is 0 Å². The Hall–Kier alpha value is -0.690. The fourth-order valence-electron chi connectivity index (χ4n) is 2.69. The molecule has 1 heterocycles. The van der Waals surface area contributed by atoms with Crippen molar-refractivity contribution in [3.05, 3.63) is 29.3 Å². The molecule has 4 nitrogen and oxygen atoms in total. The van der Waals surface area contributed by atoms with E-state index in [1.807, 2.05) is 18.2 Å².